The number of hydrogen-bond acceptors (Lipinski definition) is 4. The first-order chi connectivity index (χ1) is 12.4. The largest absolute Gasteiger partial charge is 0.496 e. The average Bonchev–Trinajstić information content (AvgIpc) is 2.87. The molecular formula is C20H29N3O2S. The predicted octanol–water partition coefficient (Wildman–Crippen LogP) is 3.62. The van der Waals surface area contributed by atoms with Gasteiger partial charge in [-0.1, -0.05) is 43.8 Å². The van der Waals surface area contributed by atoms with Crippen molar-refractivity contribution in [3.05, 3.63) is 41.2 Å². The summed E-state index contributed by atoms with van der Waals surface area (Å²) in [7, 11) is 1.66. The fourth-order valence-corrected chi connectivity index (χ4v) is 3.67. The lowest BCUT2D eigenvalue weighted by Crippen LogP contribution is -2.27. The molecule has 0 radical (unpaired) electrons. The van der Waals surface area contributed by atoms with Crippen LogP contribution in [0.25, 0.3) is 0 Å². The third-order valence-electron chi connectivity index (χ3n) is 4.21. The second kappa shape index (κ2) is 9.67. The lowest BCUT2D eigenvalue weighted by atomic mass is 10.1. The molecule has 5 nitrogen and oxygen atoms in total. The van der Waals surface area contributed by atoms with Gasteiger partial charge in [0.2, 0.25) is 5.91 Å². The Labute approximate surface area is 160 Å². The minimum atomic E-state index is 0.0271. The van der Waals surface area contributed by atoms with Crippen LogP contribution >= 0.6 is 11.8 Å². The summed E-state index contributed by atoms with van der Waals surface area (Å²) in [5, 5.41) is 3.91. The Kier molecular flexibility index (Phi) is 7.57. The number of ether oxygens (including phenoxy) is 1. The molecule has 1 aromatic heterocycles. The molecule has 0 aliphatic carbocycles. The van der Waals surface area contributed by atoms with Crippen LogP contribution in [0, 0.1) is 19.8 Å². The SMILES string of the molecule is COc1ccccc1CCNC(=O)CSc1nc(C)c(C)n1CC(C)C. The van der Waals surface area contributed by atoms with Gasteiger partial charge in [-0.2, -0.15) is 0 Å². The van der Waals surface area contributed by atoms with Crippen LogP contribution in [0.3, 0.4) is 0 Å². The van der Waals surface area contributed by atoms with Crippen LogP contribution in [0.1, 0.15) is 30.8 Å². The Bertz CT molecular complexity index is 741. The minimum absolute atomic E-state index is 0.0271. The number of nitrogens with one attached hydrogen (secondary N) is 1. The molecule has 1 amide bonds. The molecule has 1 aromatic carbocycles. The van der Waals surface area contributed by atoms with E-state index in [1.165, 1.54) is 17.5 Å². The molecule has 6 heteroatoms. The van der Waals surface area contributed by atoms with E-state index in [0.29, 0.717) is 18.2 Å². The second-order valence-electron chi connectivity index (χ2n) is 6.77. The van der Waals surface area contributed by atoms with Crippen LogP contribution in [-0.4, -0.2) is 34.9 Å². The second-order valence-corrected chi connectivity index (χ2v) is 7.71. The molecule has 0 unspecified atom stereocenters. The van der Waals surface area contributed by atoms with Gasteiger partial charge in [0.05, 0.1) is 18.6 Å². The summed E-state index contributed by atoms with van der Waals surface area (Å²) < 4.78 is 7.55. The Balaban J connectivity index is 1.85. The highest BCUT2D eigenvalue weighted by molar-refractivity contribution is 7.99. The zero-order valence-corrected chi connectivity index (χ0v) is 17.2. The topological polar surface area (TPSA) is 56.1 Å². The molecule has 1 N–H and O–H groups in total. The van der Waals surface area contributed by atoms with Crippen LogP contribution in [0.4, 0.5) is 0 Å². The Morgan fingerprint density at radius 2 is 2.04 bits per heavy atom. The van der Waals surface area contributed by atoms with Crippen LogP contribution in [-0.2, 0) is 17.8 Å². The molecule has 2 aromatic rings. The van der Waals surface area contributed by atoms with Crippen molar-refractivity contribution in [3.63, 3.8) is 0 Å². The highest BCUT2D eigenvalue weighted by Crippen LogP contribution is 2.22. The summed E-state index contributed by atoms with van der Waals surface area (Å²) in [4.78, 5) is 16.8. The number of hydrogen-bond donors (Lipinski definition) is 1. The van der Waals surface area contributed by atoms with E-state index in [0.717, 1.165) is 35.1 Å². The number of nitrogens with zero attached hydrogens (tertiary/aromatic N) is 2. The van der Waals surface area contributed by atoms with Crippen molar-refractivity contribution in [2.24, 2.45) is 5.92 Å². The molecule has 0 aliphatic rings. The molecule has 26 heavy (non-hydrogen) atoms. The van der Waals surface area contributed by atoms with Crippen molar-refractivity contribution in [1.82, 2.24) is 14.9 Å². The maximum Gasteiger partial charge on any atom is 0.230 e. The predicted molar refractivity (Wildman–Crippen MR) is 107 cm³/mol. The van der Waals surface area contributed by atoms with Gasteiger partial charge in [-0.25, -0.2) is 4.98 Å². The Hall–Kier alpha value is -1.95. The van der Waals surface area contributed by atoms with Crippen molar-refractivity contribution in [2.75, 3.05) is 19.4 Å². The smallest absolute Gasteiger partial charge is 0.230 e. The van der Waals surface area contributed by atoms with E-state index < -0.39 is 0 Å². The average molecular weight is 376 g/mol. The van der Waals surface area contributed by atoms with Gasteiger partial charge in [-0.15, -0.1) is 0 Å². The summed E-state index contributed by atoms with van der Waals surface area (Å²) in [6.45, 7) is 10.00. The number of para-hydroxylation sites is 1. The number of carbonyl (C=O) groups excluding carboxylic acids is 1. The van der Waals surface area contributed by atoms with Crippen LogP contribution in [0.2, 0.25) is 0 Å². The molecule has 2 rings (SSSR count). The molecule has 0 bridgehead atoms. The van der Waals surface area contributed by atoms with Crippen molar-refractivity contribution >= 4 is 17.7 Å². The fourth-order valence-electron chi connectivity index (χ4n) is 2.74. The monoisotopic (exact) mass is 375 g/mol. The molecule has 1 heterocycles. The third-order valence-corrected chi connectivity index (χ3v) is 5.19. The Morgan fingerprint density at radius 3 is 2.73 bits per heavy atom. The zero-order valence-electron chi connectivity index (χ0n) is 16.3. The highest BCUT2D eigenvalue weighted by atomic mass is 32.2. The first kappa shape index (κ1) is 20.4. The van der Waals surface area contributed by atoms with Gasteiger partial charge in [0, 0.05) is 18.8 Å². The number of methoxy groups -OCH3 is 1. The van der Waals surface area contributed by atoms with Gasteiger partial charge in [-0.3, -0.25) is 4.79 Å². The van der Waals surface area contributed by atoms with Crippen LogP contribution < -0.4 is 10.1 Å². The van der Waals surface area contributed by atoms with Gasteiger partial charge in [0.1, 0.15) is 5.75 Å². The lowest BCUT2D eigenvalue weighted by molar-refractivity contribution is -0.118. The maximum atomic E-state index is 12.2. The summed E-state index contributed by atoms with van der Waals surface area (Å²) in [6, 6.07) is 7.88. The van der Waals surface area contributed by atoms with Gasteiger partial charge >= 0.3 is 0 Å². The molecule has 0 atom stereocenters. The van der Waals surface area contributed by atoms with E-state index in [2.05, 4.69) is 35.6 Å². The zero-order chi connectivity index (χ0) is 19.1. The normalized spacial score (nSPS) is 11.0. The molecule has 142 valence electrons. The lowest BCUT2D eigenvalue weighted by Gasteiger charge is -2.12. The van der Waals surface area contributed by atoms with Crippen molar-refractivity contribution in [3.8, 4) is 5.75 Å². The quantitative estimate of drug-likeness (QED) is 0.680. The first-order valence-corrected chi connectivity index (χ1v) is 9.96. The van der Waals surface area contributed by atoms with E-state index >= 15 is 0 Å². The summed E-state index contributed by atoms with van der Waals surface area (Å²) in [5.41, 5.74) is 3.31. The number of aryl methyl sites for hydroxylation is 1. The molecule has 0 aliphatic heterocycles. The molecule has 0 saturated heterocycles. The number of amides is 1. The van der Waals surface area contributed by atoms with Gasteiger partial charge in [-0.05, 0) is 37.8 Å². The Morgan fingerprint density at radius 1 is 1.31 bits per heavy atom. The number of imidazole rings is 1. The molecule has 0 spiro atoms. The van der Waals surface area contributed by atoms with E-state index in [4.69, 9.17) is 4.74 Å². The number of aromatic nitrogens is 2. The molecule has 0 saturated carbocycles. The third kappa shape index (κ3) is 5.53. The first-order valence-electron chi connectivity index (χ1n) is 8.97. The number of carbonyl (C=O) groups is 1. The van der Waals surface area contributed by atoms with Crippen LogP contribution in [0.5, 0.6) is 5.75 Å². The fraction of sp³-hybridized carbons (Fsp3) is 0.500. The number of thioether (sulfide) groups is 1. The van der Waals surface area contributed by atoms with Crippen molar-refractivity contribution in [2.45, 2.75) is 45.8 Å². The summed E-state index contributed by atoms with van der Waals surface area (Å²) >= 11 is 1.50. The highest BCUT2D eigenvalue weighted by Gasteiger charge is 2.14. The van der Waals surface area contributed by atoms with Crippen molar-refractivity contribution < 1.29 is 9.53 Å². The molecule has 0 fully saturated rings. The molecular weight excluding hydrogens is 346 g/mol. The van der Waals surface area contributed by atoms with E-state index in [-0.39, 0.29) is 5.91 Å². The van der Waals surface area contributed by atoms with Gasteiger partial charge in [0.15, 0.2) is 5.16 Å². The summed E-state index contributed by atoms with van der Waals surface area (Å²) in [6.07, 6.45) is 0.751. The summed E-state index contributed by atoms with van der Waals surface area (Å²) in [5.74, 6) is 1.80. The van der Waals surface area contributed by atoms with Crippen molar-refractivity contribution in [1.29, 1.82) is 0 Å². The van der Waals surface area contributed by atoms with Crippen LogP contribution in [0.15, 0.2) is 29.4 Å². The minimum Gasteiger partial charge on any atom is -0.496 e. The van der Waals surface area contributed by atoms with Gasteiger partial charge in [0.25, 0.3) is 0 Å². The standard InChI is InChI=1S/C20H29N3O2S/c1-14(2)12-23-16(4)15(3)22-20(23)26-13-19(24)21-11-10-17-8-6-7-9-18(17)25-5/h6-9,14H,10-13H2,1-5H3,(H,21,24). The van der Waals surface area contributed by atoms with E-state index in [1.807, 2.05) is 31.2 Å². The van der Waals surface area contributed by atoms with Gasteiger partial charge < -0.3 is 14.6 Å². The maximum absolute atomic E-state index is 12.2. The van der Waals surface area contributed by atoms with E-state index in [1.54, 1.807) is 7.11 Å². The number of rotatable bonds is 9. The van der Waals surface area contributed by atoms with E-state index in [9.17, 15) is 4.79 Å². The number of benzene rings is 1.